The fourth-order valence-corrected chi connectivity index (χ4v) is 0.610. The van der Waals surface area contributed by atoms with Gasteiger partial charge in [0.2, 0.25) is 0 Å². The second-order valence-corrected chi connectivity index (χ2v) is 3.26. The van der Waals surface area contributed by atoms with E-state index in [1.54, 1.807) is 6.21 Å². The molecule has 0 saturated heterocycles. The first-order valence-corrected chi connectivity index (χ1v) is 6.35. The van der Waals surface area contributed by atoms with Crippen molar-refractivity contribution in [1.82, 2.24) is 0 Å². The van der Waals surface area contributed by atoms with E-state index in [1.165, 1.54) is 0 Å². The van der Waals surface area contributed by atoms with Gasteiger partial charge in [0.15, 0.2) is 0 Å². The summed E-state index contributed by atoms with van der Waals surface area (Å²) in [5.74, 6) is 0. The molecule has 0 aliphatic rings. The van der Waals surface area contributed by atoms with Crippen molar-refractivity contribution in [2.45, 2.75) is 41.5 Å². The van der Waals surface area contributed by atoms with Crippen molar-refractivity contribution in [3.05, 3.63) is 60.9 Å². The van der Waals surface area contributed by atoms with Crippen LogP contribution in [0.15, 0.2) is 65.9 Å². The molecule has 0 saturated carbocycles. The highest BCUT2D eigenvalue weighted by atomic mass is 14.7. The lowest BCUT2D eigenvalue weighted by atomic mass is 10.2. The van der Waals surface area contributed by atoms with Crippen LogP contribution in [0.1, 0.15) is 41.5 Å². The smallest absolute Gasteiger partial charge is 0.0624 e. The molecule has 18 heavy (non-hydrogen) atoms. The first kappa shape index (κ1) is 21.6. The summed E-state index contributed by atoms with van der Waals surface area (Å²) in [4.78, 5) is 4.10. The highest BCUT2D eigenvalue weighted by Gasteiger charge is 1.91. The van der Waals surface area contributed by atoms with E-state index >= 15 is 0 Å². The van der Waals surface area contributed by atoms with Crippen molar-refractivity contribution < 1.29 is 0 Å². The largest absolute Gasteiger partial charge is 0.257 e. The van der Waals surface area contributed by atoms with Crippen LogP contribution in [-0.4, -0.2) is 6.21 Å². The minimum absolute atomic E-state index is 0.644. The Morgan fingerprint density at radius 3 is 1.56 bits per heavy atom. The van der Waals surface area contributed by atoms with E-state index in [-0.39, 0.29) is 0 Å². The average molecular weight is 247 g/mol. The van der Waals surface area contributed by atoms with Crippen molar-refractivity contribution >= 4 is 6.21 Å². The number of hydrogen-bond donors (Lipinski definition) is 0. The van der Waals surface area contributed by atoms with Gasteiger partial charge in [-0.25, -0.2) is 0 Å². The molecule has 0 heterocycles. The van der Waals surface area contributed by atoms with E-state index in [9.17, 15) is 0 Å². The van der Waals surface area contributed by atoms with Gasteiger partial charge in [0.1, 0.15) is 0 Å². The predicted molar refractivity (Wildman–Crippen MR) is 88.2 cm³/mol. The van der Waals surface area contributed by atoms with Crippen molar-refractivity contribution in [2.75, 3.05) is 0 Å². The minimum Gasteiger partial charge on any atom is -0.257 e. The quantitative estimate of drug-likeness (QED) is 0.424. The van der Waals surface area contributed by atoms with Crippen LogP contribution in [-0.2, 0) is 0 Å². The van der Waals surface area contributed by atoms with Gasteiger partial charge in [-0.3, -0.25) is 4.99 Å². The molecule has 0 bridgehead atoms. The Morgan fingerprint density at radius 1 is 0.778 bits per heavy atom. The van der Waals surface area contributed by atoms with Gasteiger partial charge in [0, 0.05) is 6.21 Å². The Bertz CT molecular complexity index is 294. The Hall–Kier alpha value is -1.63. The van der Waals surface area contributed by atoms with Crippen LogP contribution >= 0.6 is 0 Å². The molecule has 0 unspecified atom stereocenters. The van der Waals surface area contributed by atoms with Crippen LogP contribution in [0, 0.1) is 0 Å². The molecule has 102 valence electrons. The Balaban J connectivity index is -0.000000506. The molecular formula is C17H29N. The predicted octanol–water partition coefficient (Wildman–Crippen LogP) is 5.89. The third kappa shape index (κ3) is 16.8. The van der Waals surface area contributed by atoms with Gasteiger partial charge >= 0.3 is 0 Å². The monoisotopic (exact) mass is 247 g/mol. The maximum absolute atomic E-state index is 4.10. The lowest BCUT2D eigenvalue weighted by Crippen LogP contribution is -1.81. The highest BCUT2D eigenvalue weighted by Crippen LogP contribution is 2.09. The first-order valence-electron chi connectivity index (χ1n) is 6.35. The lowest BCUT2D eigenvalue weighted by Gasteiger charge is -1.97. The van der Waals surface area contributed by atoms with Crippen LogP contribution < -0.4 is 0 Å². The summed E-state index contributed by atoms with van der Waals surface area (Å²) in [5, 5.41) is 0. The van der Waals surface area contributed by atoms with Crippen LogP contribution in [0.4, 0.5) is 0 Å². The Kier molecular flexibility index (Phi) is 18.5. The molecule has 0 radical (unpaired) electrons. The average Bonchev–Trinajstić information content (AvgIpc) is 2.37. The molecule has 1 nitrogen and oxygen atoms in total. The lowest BCUT2D eigenvalue weighted by molar-refractivity contribution is 1.37. The Labute approximate surface area is 114 Å². The van der Waals surface area contributed by atoms with Gasteiger partial charge in [-0.15, -0.1) is 0 Å². The molecule has 0 aromatic heterocycles. The molecule has 1 heteroatoms. The van der Waals surface area contributed by atoms with E-state index < -0.39 is 0 Å². The Morgan fingerprint density at radius 2 is 1.22 bits per heavy atom. The molecule has 0 fully saturated rings. The zero-order chi connectivity index (χ0) is 15.1. The van der Waals surface area contributed by atoms with Gasteiger partial charge < -0.3 is 0 Å². The van der Waals surface area contributed by atoms with Gasteiger partial charge in [-0.2, -0.15) is 0 Å². The van der Waals surface area contributed by atoms with Crippen molar-refractivity contribution in [3.63, 3.8) is 0 Å². The first-order chi connectivity index (χ1) is 8.43. The number of hydrogen-bond acceptors (Lipinski definition) is 1. The third-order valence-electron chi connectivity index (χ3n) is 1.38. The molecule has 0 rings (SSSR count). The van der Waals surface area contributed by atoms with E-state index in [2.05, 4.69) is 31.3 Å². The van der Waals surface area contributed by atoms with Gasteiger partial charge in [-0.1, -0.05) is 71.7 Å². The van der Waals surface area contributed by atoms with Crippen molar-refractivity contribution in [3.8, 4) is 0 Å². The molecule has 0 aliphatic heterocycles. The van der Waals surface area contributed by atoms with Crippen LogP contribution in [0.2, 0.25) is 0 Å². The van der Waals surface area contributed by atoms with Crippen molar-refractivity contribution in [2.24, 2.45) is 4.99 Å². The molecule has 0 aromatic rings. The van der Waals surface area contributed by atoms with Crippen LogP contribution in [0.5, 0.6) is 0 Å². The van der Waals surface area contributed by atoms with Gasteiger partial charge in [0.05, 0.1) is 5.70 Å². The van der Waals surface area contributed by atoms with Crippen molar-refractivity contribution in [1.29, 1.82) is 0 Å². The topological polar surface area (TPSA) is 12.4 Å². The summed E-state index contributed by atoms with van der Waals surface area (Å²) in [6, 6.07) is 0. The molecular weight excluding hydrogens is 218 g/mol. The van der Waals surface area contributed by atoms with E-state index in [0.29, 0.717) is 5.70 Å². The molecule has 0 spiro atoms. The maximum atomic E-state index is 4.10. The second kappa shape index (κ2) is 15.4. The van der Waals surface area contributed by atoms with Gasteiger partial charge in [0.25, 0.3) is 0 Å². The SMILES string of the molecule is C=C(C)C=NC(=C)C(=C)/C=C\C(=C)C.CC.CC. The molecule has 0 amide bonds. The van der Waals surface area contributed by atoms with E-state index in [0.717, 1.165) is 16.7 Å². The standard InChI is InChI=1S/C13H17N.2C2H6/c1-10(2)7-8-12(5)13(6)14-9-11(3)4;2*1-2/h7-9H,1,3,5-6H2,2,4H3;2*1-2H3/b8-7-,14-9?;;. The number of allylic oxidation sites excluding steroid dienone is 4. The fourth-order valence-electron chi connectivity index (χ4n) is 0.610. The summed E-state index contributed by atoms with van der Waals surface area (Å²) < 4.78 is 0. The van der Waals surface area contributed by atoms with E-state index in [1.807, 2.05) is 53.7 Å². The molecule has 0 N–H and O–H groups in total. The van der Waals surface area contributed by atoms with Crippen LogP contribution in [0.3, 0.4) is 0 Å². The zero-order valence-corrected chi connectivity index (χ0v) is 13.0. The molecule has 0 aromatic carbocycles. The highest BCUT2D eigenvalue weighted by molar-refractivity contribution is 5.78. The van der Waals surface area contributed by atoms with Crippen LogP contribution in [0.25, 0.3) is 0 Å². The summed E-state index contributed by atoms with van der Waals surface area (Å²) in [5.41, 5.74) is 3.29. The van der Waals surface area contributed by atoms with Gasteiger partial charge in [-0.05, 0) is 25.0 Å². The fraction of sp³-hybridized carbons (Fsp3) is 0.353. The second-order valence-electron chi connectivity index (χ2n) is 3.26. The molecule has 0 aliphatic carbocycles. The summed E-state index contributed by atoms with van der Waals surface area (Å²) in [6.45, 7) is 26.9. The number of rotatable bonds is 5. The number of nitrogens with zero attached hydrogens (tertiary/aromatic N) is 1. The molecule has 0 atom stereocenters. The normalized spacial score (nSPS) is 9.00. The number of aliphatic imine (C=N–C) groups is 1. The minimum atomic E-state index is 0.644. The third-order valence-corrected chi connectivity index (χ3v) is 1.38. The zero-order valence-electron chi connectivity index (χ0n) is 13.0. The maximum Gasteiger partial charge on any atom is 0.0624 e. The van der Waals surface area contributed by atoms with E-state index in [4.69, 9.17) is 0 Å². The summed E-state index contributed by atoms with van der Waals surface area (Å²) in [7, 11) is 0. The summed E-state index contributed by atoms with van der Waals surface area (Å²) >= 11 is 0. The summed E-state index contributed by atoms with van der Waals surface area (Å²) in [6.07, 6.45) is 5.40.